The molecule has 2 amide bonds. The van der Waals surface area contributed by atoms with E-state index in [2.05, 4.69) is 45.3 Å². The van der Waals surface area contributed by atoms with Gasteiger partial charge in [-0.3, -0.25) is 4.79 Å². The highest BCUT2D eigenvalue weighted by molar-refractivity contribution is 5.78. The molecule has 4 aliphatic rings. The molecule has 2 heterocycles. The average Bonchev–Trinajstić information content (AvgIpc) is 2.59. The predicted octanol–water partition coefficient (Wildman–Crippen LogP) is 4.79. The first-order valence-corrected chi connectivity index (χ1v) is 12.5. The van der Waals surface area contributed by atoms with Crippen LogP contribution >= 0.6 is 0 Å². The Kier molecular flexibility index (Phi) is 7.00. The number of amides is 2. The van der Waals surface area contributed by atoms with Crippen molar-refractivity contribution in [2.45, 2.75) is 123 Å². The van der Waals surface area contributed by atoms with Crippen molar-refractivity contribution in [1.82, 2.24) is 15.7 Å². The normalized spacial score (nSPS) is 36.9. The monoisotopic (exact) mass is 463 g/mol. The zero-order chi connectivity index (χ0) is 24.8. The maximum absolute atomic E-state index is 12.9. The Morgan fingerprint density at radius 2 is 1.73 bits per heavy atom. The molecule has 2 unspecified atom stereocenters. The molecule has 4 fully saturated rings. The van der Waals surface area contributed by atoms with Crippen molar-refractivity contribution < 1.29 is 19.5 Å². The Morgan fingerprint density at radius 3 is 2.21 bits per heavy atom. The lowest BCUT2D eigenvalue weighted by Gasteiger charge is -2.70. The molecule has 0 aromatic heterocycles. The summed E-state index contributed by atoms with van der Waals surface area (Å²) in [5.74, 6) is 0.404. The third kappa shape index (κ3) is 5.73. The van der Waals surface area contributed by atoms with Gasteiger partial charge in [-0.25, -0.2) is 4.79 Å². The molecule has 2 saturated heterocycles. The van der Waals surface area contributed by atoms with Gasteiger partial charge >= 0.3 is 6.09 Å². The third-order valence-corrected chi connectivity index (χ3v) is 7.67. The fourth-order valence-electron chi connectivity index (χ4n) is 7.21. The zero-order valence-corrected chi connectivity index (χ0v) is 21.8. The van der Waals surface area contributed by atoms with E-state index in [9.17, 15) is 14.8 Å². The minimum atomic E-state index is -0.551. The second kappa shape index (κ2) is 8.88. The van der Waals surface area contributed by atoms with Crippen LogP contribution in [0.15, 0.2) is 12.2 Å². The molecule has 4 rings (SSSR count). The van der Waals surface area contributed by atoms with Crippen LogP contribution in [0.4, 0.5) is 4.79 Å². The molecule has 2 aliphatic heterocycles. The number of hydrogen-bond donors (Lipinski definition) is 3. The Hall–Kier alpha value is -1.60. The highest BCUT2D eigenvalue weighted by Crippen LogP contribution is 2.64. The van der Waals surface area contributed by atoms with E-state index in [1.54, 1.807) is 5.06 Å². The molecule has 0 aromatic rings. The molecule has 188 valence electrons. The van der Waals surface area contributed by atoms with Crippen LogP contribution in [-0.2, 0) is 9.53 Å². The van der Waals surface area contributed by atoms with Crippen molar-refractivity contribution in [3.8, 4) is 0 Å². The minimum absolute atomic E-state index is 0.0118. The highest BCUT2D eigenvalue weighted by Gasteiger charge is 2.67. The molecule has 33 heavy (non-hydrogen) atoms. The highest BCUT2D eigenvalue weighted by atomic mass is 16.6. The van der Waals surface area contributed by atoms with E-state index in [4.69, 9.17) is 4.74 Å². The minimum Gasteiger partial charge on any atom is -0.444 e. The Bertz CT molecular complexity index is 767. The number of ether oxygens (including phenoxy) is 1. The summed E-state index contributed by atoms with van der Waals surface area (Å²) in [5.41, 5.74) is -0.780. The van der Waals surface area contributed by atoms with Crippen LogP contribution in [0.2, 0.25) is 0 Å². The van der Waals surface area contributed by atoms with Gasteiger partial charge in [0.2, 0.25) is 5.91 Å². The number of carbonyl (C=O) groups is 2. The van der Waals surface area contributed by atoms with E-state index in [1.165, 1.54) is 0 Å². The van der Waals surface area contributed by atoms with E-state index in [-0.39, 0.29) is 46.8 Å². The zero-order valence-electron chi connectivity index (χ0n) is 21.8. The fraction of sp³-hybridized carbons (Fsp3) is 0.846. The summed E-state index contributed by atoms with van der Waals surface area (Å²) in [6, 6.07) is 0.103. The van der Waals surface area contributed by atoms with E-state index < -0.39 is 11.7 Å². The number of nitrogens with one attached hydrogen (secondary N) is 2. The Labute approximate surface area is 199 Å². The topological polar surface area (TPSA) is 90.9 Å². The summed E-state index contributed by atoms with van der Waals surface area (Å²) in [4.78, 5) is 25.1. The van der Waals surface area contributed by atoms with Crippen LogP contribution in [0, 0.1) is 16.7 Å². The second-order valence-electron chi connectivity index (χ2n) is 13.1. The van der Waals surface area contributed by atoms with Gasteiger partial charge in [0.1, 0.15) is 5.60 Å². The second-order valence-corrected chi connectivity index (χ2v) is 13.1. The van der Waals surface area contributed by atoms with Crippen LogP contribution in [0.1, 0.15) is 93.9 Å². The third-order valence-electron chi connectivity index (χ3n) is 7.67. The lowest BCUT2D eigenvalue weighted by Crippen LogP contribution is -2.76. The van der Waals surface area contributed by atoms with E-state index in [0.717, 1.165) is 32.1 Å². The average molecular weight is 464 g/mol. The molecule has 0 aromatic carbocycles. The predicted molar refractivity (Wildman–Crippen MR) is 129 cm³/mol. The number of rotatable bonds is 7. The van der Waals surface area contributed by atoms with E-state index >= 15 is 0 Å². The summed E-state index contributed by atoms with van der Waals surface area (Å²) in [5, 5.41) is 18.5. The number of alkyl carbamates (subject to hydrolysis) is 1. The Balaban J connectivity index is 1.60. The van der Waals surface area contributed by atoms with Gasteiger partial charge in [0.15, 0.2) is 0 Å². The molecule has 2 saturated carbocycles. The molecule has 4 bridgehead atoms. The van der Waals surface area contributed by atoms with Gasteiger partial charge in [0.25, 0.3) is 0 Å². The summed E-state index contributed by atoms with van der Waals surface area (Å²) >= 11 is 0. The summed E-state index contributed by atoms with van der Waals surface area (Å²) in [6.45, 7) is 16.4. The van der Waals surface area contributed by atoms with Gasteiger partial charge in [-0.2, -0.15) is 5.06 Å². The standard InChI is InChI=1S/C26H45N3O4/c1-17(2)12-18(27-22(31)33-23(3,4)5)10-9-11-20(30)28-21-24(6)13-19-14-25(21,7)16-26(8,15-24)29(19)32/h9-10,17-19,21,32H,11-16H2,1-8H3,(H,27,31)(H,28,30)/b10-9+/t18-,19?,21?,24?,25?,26?/m1/s1. The van der Waals surface area contributed by atoms with Crippen molar-refractivity contribution in [3.05, 3.63) is 12.2 Å². The molecule has 7 nitrogen and oxygen atoms in total. The number of hydroxylamine groups is 2. The van der Waals surface area contributed by atoms with Crippen LogP contribution in [0.25, 0.3) is 0 Å². The van der Waals surface area contributed by atoms with Gasteiger partial charge < -0.3 is 20.6 Å². The molecular formula is C26H45N3O4. The maximum Gasteiger partial charge on any atom is 0.408 e. The smallest absolute Gasteiger partial charge is 0.408 e. The first-order valence-electron chi connectivity index (χ1n) is 12.5. The molecule has 2 aliphatic carbocycles. The Morgan fingerprint density at radius 1 is 1.15 bits per heavy atom. The van der Waals surface area contributed by atoms with Crippen molar-refractivity contribution in [2.24, 2.45) is 16.7 Å². The molecule has 3 atom stereocenters. The first-order chi connectivity index (χ1) is 15.1. The van der Waals surface area contributed by atoms with Gasteiger partial charge in [-0.1, -0.05) is 39.8 Å². The van der Waals surface area contributed by atoms with Crippen molar-refractivity contribution in [3.63, 3.8) is 0 Å². The van der Waals surface area contributed by atoms with Crippen molar-refractivity contribution in [1.29, 1.82) is 0 Å². The van der Waals surface area contributed by atoms with Gasteiger partial charge in [-0.05, 0) is 76.5 Å². The summed E-state index contributed by atoms with van der Waals surface area (Å²) < 4.78 is 5.39. The summed E-state index contributed by atoms with van der Waals surface area (Å²) in [7, 11) is 0. The number of carbonyl (C=O) groups excluding carboxylic acids is 2. The number of nitrogens with zero attached hydrogens (tertiary/aromatic N) is 1. The van der Waals surface area contributed by atoms with Crippen molar-refractivity contribution in [2.75, 3.05) is 0 Å². The molecule has 7 heteroatoms. The quantitative estimate of drug-likeness (QED) is 0.472. The van der Waals surface area contributed by atoms with Crippen molar-refractivity contribution >= 4 is 12.0 Å². The molecule has 0 spiro atoms. The van der Waals surface area contributed by atoms with Crippen LogP contribution < -0.4 is 10.6 Å². The number of hydrogen-bond acceptors (Lipinski definition) is 5. The lowest BCUT2D eigenvalue weighted by atomic mass is 9.44. The van der Waals surface area contributed by atoms with Crippen LogP contribution in [0.3, 0.4) is 0 Å². The van der Waals surface area contributed by atoms with Gasteiger partial charge in [-0.15, -0.1) is 0 Å². The van der Waals surface area contributed by atoms with E-state index in [0.29, 0.717) is 5.92 Å². The maximum atomic E-state index is 12.9. The van der Waals surface area contributed by atoms with Crippen LogP contribution in [-0.4, -0.2) is 51.5 Å². The lowest BCUT2D eigenvalue weighted by molar-refractivity contribution is -0.309. The van der Waals surface area contributed by atoms with Crippen LogP contribution in [0.5, 0.6) is 0 Å². The first kappa shape index (κ1) is 26.0. The van der Waals surface area contributed by atoms with Gasteiger partial charge in [0, 0.05) is 24.0 Å². The largest absolute Gasteiger partial charge is 0.444 e. The fourth-order valence-corrected chi connectivity index (χ4v) is 7.21. The SMILES string of the molecule is CC(C)C[C@@H](/C=C/CC(=O)NC1C2(C)CC3CC1(C)CC(C)(C2)N3O)NC(=O)OC(C)(C)C. The molecule has 3 N–H and O–H groups in total. The van der Waals surface area contributed by atoms with Gasteiger partial charge in [0.05, 0.1) is 6.04 Å². The number of piperidine rings is 2. The van der Waals surface area contributed by atoms with E-state index in [1.807, 2.05) is 32.9 Å². The molecule has 0 radical (unpaired) electrons. The molecular weight excluding hydrogens is 418 g/mol. The summed E-state index contributed by atoms with van der Waals surface area (Å²) in [6.07, 6.45) is 7.97.